The predicted molar refractivity (Wildman–Crippen MR) is 128 cm³/mol. The van der Waals surface area contributed by atoms with Crippen molar-refractivity contribution < 1.29 is 23.8 Å². The molecule has 0 saturated carbocycles. The van der Waals surface area contributed by atoms with E-state index in [0.29, 0.717) is 30.3 Å². The molecule has 0 unspecified atom stereocenters. The first kappa shape index (κ1) is 23.8. The summed E-state index contributed by atoms with van der Waals surface area (Å²) in [6.45, 7) is 4.25. The van der Waals surface area contributed by atoms with Crippen LogP contribution >= 0.6 is 0 Å². The standard InChI is InChI=1S/C28H28O5/c1-2-26(29)32-21-12-4-3-11-20-31-25-19-13-18-24(22-14-7-5-8-15-22)27(25)33-28(30)23-16-9-6-10-17-23/h2,5-10,13-19H,1,3-4,11-12,20-21H2. The molecule has 0 aliphatic heterocycles. The lowest BCUT2D eigenvalue weighted by atomic mass is 10.0. The monoisotopic (exact) mass is 444 g/mol. The molecule has 3 aromatic rings. The minimum absolute atomic E-state index is 0.393. The molecule has 0 aliphatic carbocycles. The first-order valence-corrected chi connectivity index (χ1v) is 11.1. The van der Waals surface area contributed by atoms with E-state index in [2.05, 4.69) is 6.58 Å². The molecule has 0 radical (unpaired) electrons. The van der Waals surface area contributed by atoms with Crippen LogP contribution in [0.3, 0.4) is 0 Å². The van der Waals surface area contributed by atoms with Gasteiger partial charge in [0, 0.05) is 11.6 Å². The Balaban J connectivity index is 1.65. The fourth-order valence-electron chi connectivity index (χ4n) is 3.28. The summed E-state index contributed by atoms with van der Waals surface area (Å²) in [6, 6.07) is 24.3. The lowest BCUT2D eigenvalue weighted by Crippen LogP contribution is -2.10. The highest BCUT2D eigenvalue weighted by Crippen LogP contribution is 2.38. The van der Waals surface area contributed by atoms with Gasteiger partial charge >= 0.3 is 11.9 Å². The second-order valence-electron chi connectivity index (χ2n) is 7.39. The van der Waals surface area contributed by atoms with Gasteiger partial charge in [0.15, 0.2) is 11.5 Å². The highest BCUT2D eigenvalue weighted by molar-refractivity contribution is 5.92. The number of para-hydroxylation sites is 1. The van der Waals surface area contributed by atoms with Gasteiger partial charge in [-0.1, -0.05) is 67.2 Å². The van der Waals surface area contributed by atoms with Gasteiger partial charge in [-0.2, -0.15) is 0 Å². The lowest BCUT2D eigenvalue weighted by molar-refractivity contribution is -0.137. The van der Waals surface area contributed by atoms with Crippen molar-refractivity contribution in [2.75, 3.05) is 13.2 Å². The van der Waals surface area contributed by atoms with E-state index in [1.807, 2.05) is 54.6 Å². The van der Waals surface area contributed by atoms with Crippen molar-refractivity contribution >= 4 is 11.9 Å². The molecule has 0 aliphatic rings. The minimum atomic E-state index is -0.432. The highest BCUT2D eigenvalue weighted by atomic mass is 16.6. The van der Waals surface area contributed by atoms with Crippen molar-refractivity contribution in [1.82, 2.24) is 0 Å². The van der Waals surface area contributed by atoms with E-state index in [1.165, 1.54) is 6.08 Å². The second-order valence-corrected chi connectivity index (χ2v) is 7.39. The van der Waals surface area contributed by atoms with Crippen LogP contribution in [0, 0.1) is 0 Å². The summed E-state index contributed by atoms with van der Waals surface area (Å²) in [5.41, 5.74) is 2.21. The number of ether oxygens (including phenoxy) is 3. The molecular weight excluding hydrogens is 416 g/mol. The van der Waals surface area contributed by atoms with Crippen LogP contribution in [0.4, 0.5) is 0 Å². The average Bonchev–Trinajstić information content (AvgIpc) is 2.87. The van der Waals surface area contributed by atoms with Crippen molar-refractivity contribution in [2.24, 2.45) is 0 Å². The zero-order chi connectivity index (χ0) is 23.3. The molecule has 0 heterocycles. The molecule has 0 aromatic heterocycles. The largest absolute Gasteiger partial charge is 0.490 e. The van der Waals surface area contributed by atoms with Gasteiger partial charge in [-0.3, -0.25) is 0 Å². The number of esters is 2. The summed E-state index contributed by atoms with van der Waals surface area (Å²) in [7, 11) is 0. The molecule has 0 bridgehead atoms. The van der Waals surface area contributed by atoms with Crippen LogP contribution in [-0.4, -0.2) is 25.2 Å². The maximum atomic E-state index is 12.8. The normalized spacial score (nSPS) is 10.3. The van der Waals surface area contributed by atoms with E-state index in [0.717, 1.165) is 36.8 Å². The van der Waals surface area contributed by atoms with Crippen molar-refractivity contribution in [3.8, 4) is 22.6 Å². The summed E-state index contributed by atoms with van der Waals surface area (Å²) in [6.07, 6.45) is 4.65. The second kappa shape index (κ2) is 12.9. The highest BCUT2D eigenvalue weighted by Gasteiger charge is 2.17. The first-order chi connectivity index (χ1) is 16.2. The van der Waals surface area contributed by atoms with Gasteiger partial charge in [0.05, 0.1) is 18.8 Å². The fourth-order valence-corrected chi connectivity index (χ4v) is 3.28. The van der Waals surface area contributed by atoms with Crippen LogP contribution in [0.2, 0.25) is 0 Å². The number of rotatable bonds is 12. The van der Waals surface area contributed by atoms with Crippen LogP contribution in [0.15, 0.2) is 91.5 Å². The Hall–Kier alpha value is -3.86. The molecule has 5 heteroatoms. The molecular formula is C28H28O5. The molecule has 33 heavy (non-hydrogen) atoms. The van der Waals surface area contributed by atoms with Crippen LogP contribution in [-0.2, 0) is 9.53 Å². The van der Waals surface area contributed by atoms with Gasteiger partial charge in [-0.15, -0.1) is 0 Å². The van der Waals surface area contributed by atoms with Crippen LogP contribution in [0.1, 0.15) is 36.0 Å². The van der Waals surface area contributed by atoms with Gasteiger partial charge < -0.3 is 14.2 Å². The first-order valence-electron chi connectivity index (χ1n) is 11.1. The van der Waals surface area contributed by atoms with E-state index in [4.69, 9.17) is 14.2 Å². The Labute approximate surface area is 194 Å². The number of carbonyl (C=O) groups excluding carboxylic acids is 2. The Bertz CT molecular complexity index is 1040. The topological polar surface area (TPSA) is 61.8 Å². The van der Waals surface area contributed by atoms with Gasteiger partial charge in [0.25, 0.3) is 0 Å². The minimum Gasteiger partial charge on any atom is -0.490 e. The molecule has 0 amide bonds. The summed E-state index contributed by atoms with van der Waals surface area (Å²) < 4.78 is 16.8. The Morgan fingerprint density at radius 2 is 1.42 bits per heavy atom. The molecule has 0 N–H and O–H groups in total. The SMILES string of the molecule is C=CC(=O)OCCCCCCOc1cccc(-c2ccccc2)c1OC(=O)c1ccccc1. The summed E-state index contributed by atoms with van der Waals surface area (Å²) in [4.78, 5) is 23.8. The molecule has 3 rings (SSSR count). The summed E-state index contributed by atoms with van der Waals surface area (Å²) >= 11 is 0. The number of hydrogen-bond acceptors (Lipinski definition) is 5. The van der Waals surface area contributed by atoms with Gasteiger partial charge in [0.2, 0.25) is 0 Å². The maximum Gasteiger partial charge on any atom is 0.343 e. The molecule has 3 aromatic carbocycles. The number of benzene rings is 3. The predicted octanol–water partition coefficient (Wildman–Crippen LogP) is 6.24. The Morgan fingerprint density at radius 1 is 0.758 bits per heavy atom. The zero-order valence-electron chi connectivity index (χ0n) is 18.6. The van der Waals surface area contributed by atoms with E-state index >= 15 is 0 Å². The molecule has 0 saturated heterocycles. The summed E-state index contributed by atoms with van der Waals surface area (Å²) in [5.74, 6) is 0.113. The summed E-state index contributed by atoms with van der Waals surface area (Å²) in [5, 5.41) is 0. The number of unbranched alkanes of at least 4 members (excludes halogenated alkanes) is 3. The van der Waals surface area contributed by atoms with E-state index < -0.39 is 11.9 Å². The van der Waals surface area contributed by atoms with Gasteiger partial charge in [-0.05, 0) is 49.4 Å². The third-order valence-corrected chi connectivity index (χ3v) is 4.98. The van der Waals surface area contributed by atoms with Crippen molar-refractivity contribution in [3.63, 3.8) is 0 Å². The van der Waals surface area contributed by atoms with Crippen LogP contribution in [0.25, 0.3) is 11.1 Å². The smallest absolute Gasteiger partial charge is 0.343 e. The van der Waals surface area contributed by atoms with E-state index in [9.17, 15) is 9.59 Å². The Morgan fingerprint density at radius 3 is 2.12 bits per heavy atom. The molecule has 170 valence electrons. The third-order valence-electron chi connectivity index (χ3n) is 4.98. The van der Waals surface area contributed by atoms with Crippen molar-refractivity contribution in [1.29, 1.82) is 0 Å². The lowest BCUT2D eigenvalue weighted by Gasteiger charge is -2.16. The molecule has 0 spiro atoms. The fraction of sp³-hybridized carbons (Fsp3) is 0.214. The van der Waals surface area contributed by atoms with Crippen LogP contribution in [0.5, 0.6) is 11.5 Å². The van der Waals surface area contributed by atoms with Crippen LogP contribution < -0.4 is 9.47 Å². The number of carbonyl (C=O) groups is 2. The van der Waals surface area contributed by atoms with E-state index in [1.54, 1.807) is 24.3 Å². The van der Waals surface area contributed by atoms with Crippen molar-refractivity contribution in [3.05, 3.63) is 97.1 Å². The van der Waals surface area contributed by atoms with E-state index in [-0.39, 0.29) is 0 Å². The number of hydrogen-bond donors (Lipinski definition) is 0. The van der Waals surface area contributed by atoms with Gasteiger partial charge in [0.1, 0.15) is 0 Å². The third kappa shape index (κ3) is 7.35. The molecule has 5 nitrogen and oxygen atoms in total. The zero-order valence-corrected chi connectivity index (χ0v) is 18.6. The average molecular weight is 445 g/mol. The molecule has 0 atom stereocenters. The van der Waals surface area contributed by atoms with Crippen molar-refractivity contribution in [2.45, 2.75) is 25.7 Å². The quantitative estimate of drug-likeness (QED) is 0.143. The molecule has 0 fully saturated rings. The van der Waals surface area contributed by atoms with Gasteiger partial charge in [-0.25, -0.2) is 9.59 Å². The maximum absolute atomic E-state index is 12.8. The Kier molecular flexibility index (Phi) is 9.28.